The zero-order valence-corrected chi connectivity index (χ0v) is 14.8. The number of ether oxygens (including phenoxy) is 1. The predicted molar refractivity (Wildman–Crippen MR) is 101 cm³/mol. The first-order valence-electron chi connectivity index (χ1n) is 8.20. The van der Waals surface area contributed by atoms with E-state index in [0.717, 1.165) is 11.1 Å². The quantitative estimate of drug-likeness (QED) is 0.463. The highest BCUT2D eigenvalue weighted by Crippen LogP contribution is 2.13. The normalized spacial score (nSPS) is 10.3. The molecule has 0 aliphatic rings. The van der Waals surface area contributed by atoms with Gasteiger partial charge in [0.1, 0.15) is 6.61 Å². The molecule has 0 heterocycles. The molecule has 0 bridgehead atoms. The minimum absolute atomic E-state index is 0.0307. The Bertz CT molecular complexity index is 885. The summed E-state index contributed by atoms with van der Waals surface area (Å²) < 4.78 is 5.29. The lowest BCUT2D eigenvalue weighted by Gasteiger charge is -2.06. The van der Waals surface area contributed by atoms with Crippen molar-refractivity contribution in [2.75, 3.05) is 0 Å². The van der Waals surface area contributed by atoms with Gasteiger partial charge in [0.25, 0.3) is 0 Å². The molecule has 0 aliphatic carbocycles. The second-order valence-corrected chi connectivity index (χ2v) is 6.29. The molecule has 0 fully saturated rings. The highest BCUT2D eigenvalue weighted by atomic mass is 35.5. The van der Waals surface area contributed by atoms with Gasteiger partial charge in [-0.15, -0.1) is 0 Å². The third-order valence-corrected chi connectivity index (χ3v) is 4.17. The van der Waals surface area contributed by atoms with Crippen LogP contribution in [-0.4, -0.2) is 11.8 Å². The summed E-state index contributed by atoms with van der Waals surface area (Å²) >= 11 is 5.82. The predicted octanol–water partition coefficient (Wildman–Crippen LogP) is 4.86. The Kier molecular flexibility index (Phi) is 5.82. The summed E-state index contributed by atoms with van der Waals surface area (Å²) in [4.78, 5) is 24.3. The lowest BCUT2D eigenvalue weighted by atomic mass is 10.0. The van der Waals surface area contributed by atoms with Gasteiger partial charge in [0.15, 0.2) is 5.78 Å². The maximum atomic E-state index is 12.4. The molecular formula is C22H17ClO3. The fourth-order valence-corrected chi connectivity index (χ4v) is 2.62. The van der Waals surface area contributed by atoms with Crippen LogP contribution in [-0.2, 0) is 22.6 Å². The number of carbonyl (C=O) groups is 2. The second kappa shape index (κ2) is 8.45. The first-order chi connectivity index (χ1) is 12.6. The van der Waals surface area contributed by atoms with Crippen molar-refractivity contribution in [1.82, 2.24) is 0 Å². The van der Waals surface area contributed by atoms with E-state index in [9.17, 15) is 9.59 Å². The standard InChI is InChI=1S/C22H17ClO3/c23-20-12-8-16(9-13-20)14-21(24)26-15-17-6-10-19(11-7-17)22(25)18-4-2-1-3-5-18/h1-13H,14-15H2. The van der Waals surface area contributed by atoms with Gasteiger partial charge in [-0.3, -0.25) is 9.59 Å². The maximum absolute atomic E-state index is 12.4. The topological polar surface area (TPSA) is 43.4 Å². The number of halogens is 1. The Morgan fingerprint density at radius 3 is 1.96 bits per heavy atom. The number of rotatable bonds is 6. The maximum Gasteiger partial charge on any atom is 0.310 e. The van der Waals surface area contributed by atoms with E-state index < -0.39 is 0 Å². The molecule has 0 saturated heterocycles. The van der Waals surface area contributed by atoms with Crippen molar-refractivity contribution in [1.29, 1.82) is 0 Å². The van der Waals surface area contributed by atoms with Gasteiger partial charge in [0, 0.05) is 16.1 Å². The molecule has 3 rings (SSSR count). The van der Waals surface area contributed by atoms with Gasteiger partial charge >= 0.3 is 5.97 Å². The van der Waals surface area contributed by atoms with Crippen molar-refractivity contribution < 1.29 is 14.3 Å². The highest BCUT2D eigenvalue weighted by molar-refractivity contribution is 6.30. The van der Waals surface area contributed by atoms with Crippen molar-refractivity contribution in [3.8, 4) is 0 Å². The van der Waals surface area contributed by atoms with Gasteiger partial charge in [0.2, 0.25) is 0 Å². The molecular weight excluding hydrogens is 348 g/mol. The number of benzene rings is 3. The lowest BCUT2D eigenvalue weighted by molar-refractivity contribution is -0.144. The molecule has 0 N–H and O–H groups in total. The smallest absolute Gasteiger partial charge is 0.310 e. The van der Waals surface area contributed by atoms with Crippen LogP contribution in [0, 0.1) is 0 Å². The van der Waals surface area contributed by atoms with Crippen LogP contribution >= 0.6 is 11.6 Å². The summed E-state index contributed by atoms with van der Waals surface area (Å²) in [5.74, 6) is -0.339. The van der Waals surface area contributed by atoms with E-state index in [-0.39, 0.29) is 24.8 Å². The summed E-state index contributed by atoms with van der Waals surface area (Å²) in [6, 6.07) is 23.3. The fraction of sp³-hybridized carbons (Fsp3) is 0.0909. The monoisotopic (exact) mass is 364 g/mol. The second-order valence-electron chi connectivity index (χ2n) is 5.86. The highest BCUT2D eigenvalue weighted by Gasteiger charge is 2.09. The van der Waals surface area contributed by atoms with Crippen LogP contribution < -0.4 is 0 Å². The molecule has 3 aromatic carbocycles. The van der Waals surface area contributed by atoms with E-state index in [0.29, 0.717) is 16.1 Å². The molecule has 0 radical (unpaired) electrons. The SMILES string of the molecule is O=C(Cc1ccc(Cl)cc1)OCc1ccc(C(=O)c2ccccc2)cc1. The molecule has 0 saturated carbocycles. The molecule has 0 amide bonds. The van der Waals surface area contributed by atoms with Gasteiger partial charge in [-0.1, -0.05) is 78.3 Å². The van der Waals surface area contributed by atoms with Crippen molar-refractivity contribution in [3.63, 3.8) is 0 Å². The molecule has 130 valence electrons. The van der Waals surface area contributed by atoms with Gasteiger partial charge in [-0.25, -0.2) is 0 Å². The van der Waals surface area contributed by atoms with Crippen LogP contribution in [0.15, 0.2) is 78.9 Å². The van der Waals surface area contributed by atoms with Gasteiger partial charge in [-0.05, 0) is 23.3 Å². The average molecular weight is 365 g/mol. The Labute approximate surface area is 157 Å². The van der Waals surface area contributed by atoms with E-state index in [1.54, 1.807) is 60.7 Å². The minimum atomic E-state index is -0.309. The summed E-state index contributed by atoms with van der Waals surface area (Å²) in [6.07, 6.45) is 0.196. The van der Waals surface area contributed by atoms with E-state index >= 15 is 0 Å². The third kappa shape index (κ3) is 4.80. The van der Waals surface area contributed by atoms with Crippen molar-refractivity contribution in [2.45, 2.75) is 13.0 Å². The molecule has 0 atom stereocenters. The molecule has 4 heteroatoms. The minimum Gasteiger partial charge on any atom is -0.461 e. The summed E-state index contributed by atoms with van der Waals surface area (Å²) in [5, 5.41) is 0.632. The number of hydrogen-bond donors (Lipinski definition) is 0. The van der Waals surface area contributed by atoms with E-state index in [1.165, 1.54) is 0 Å². The zero-order valence-electron chi connectivity index (χ0n) is 14.0. The Morgan fingerprint density at radius 2 is 1.31 bits per heavy atom. The number of ketones is 1. The molecule has 3 nitrogen and oxygen atoms in total. The van der Waals surface area contributed by atoms with E-state index in [4.69, 9.17) is 16.3 Å². The Hall–Kier alpha value is -2.91. The molecule has 26 heavy (non-hydrogen) atoms. The first-order valence-corrected chi connectivity index (χ1v) is 8.58. The molecule has 0 spiro atoms. The number of esters is 1. The third-order valence-electron chi connectivity index (χ3n) is 3.91. The molecule has 0 aromatic heterocycles. The number of hydrogen-bond acceptors (Lipinski definition) is 3. The van der Waals surface area contributed by atoms with Crippen molar-refractivity contribution in [3.05, 3.63) is 106 Å². The van der Waals surface area contributed by atoms with Crippen LogP contribution in [0.25, 0.3) is 0 Å². The van der Waals surface area contributed by atoms with Gasteiger partial charge in [0.05, 0.1) is 6.42 Å². The molecule has 3 aromatic rings. The number of carbonyl (C=O) groups excluding carboxylic acids is 2. The fourth-order valence-electron chi connectivity index (χ4n) is 2.49. The Balaban J connectivity index is 1.55. The van der Waals surface area contributed by atoms with E-state index in [2.05, 4.69) is 0 Å². The molecule has 0 unspecified atom stereocenters. The van der Waals surface area contributed by atoms with Crippen LogP contribution in [0.1, 0.15) is 27.0 Å². The zero-order chi connectivity index (χ0) is 18.4. The lowest BCUT2D eigenvalue weighted by Crippen LogP contribution is -2.08. The van der Waals surface area contributed by atoms with Crippen LogP contribution in [0.2, 0.25) is 5.02 Å². The van der Waals surface area contributed by atoms with Crippen LogP contribution in [0.3, 0.4) is 0 Å². The summed E-state index contributed by atoms with van der Waals surface area (Å²) in [6.45, 7) is 0.173. The summed E-state index contributed by atoms with van der Waals surface area (Å²) in [5.41, 5.74) is 2.93. The molecule has 0 aliphatic heterocycles. The first kappa shape index (κ1) is 17.9. The summed E-state index contributed by atoms with van der Waals surface area (Å²) in [7, 11) is 0. The van der Waals surface area contributed by atoms with Crippen molar-refractivity contribution >= 4 is 23.4 Å². The van der Waals surface area contributed by atoms with E-state index in [1.807, 2.05) is 18.2 Å². The largest absolute Gasteiger partial charge is 0.461 e. The van der Waals surface area contributed by atoms with Crippen molar-refractivity contribution in [2.24, 2.45) is 0 Å². The van der Waals surface area contributed by atoms with Crippen LogP contribution in [0.5, 0.6) is 0 Å². The van der Waals surface area contributed by atoms with Crippen LogP contribution in [0.4, 0.5) is 0 Å². The van der Waals surface area contributed by atoms with Gasteiger partial charge in [-0.2, -0.15) is 0 Å². The average Bonchev–Trinajstić information content (AvgIpc) is 2.69. The van der Waals surface area contributed by atoms with Gasteiger partial charge < -0.3 is 4.74 Å². The Morgan fingerprint density at radius 1 is 0.731 bits per heavy atom.